The van der Waals surface area contributed by atoms with Gasteiger partial charge in [-0.05, 0) is 28.1 Å². The molecule has 8 heteroatoms. The van der Waals surface area contributed by atoms with Gasteiger partial charge in [-0.25, -0.2) is 0 Å². The number of halogens is 2. The number of benzene rings is 1. The lowest BCUT2D eigenvalue weighted by Gasteiger charge is -2.22. The number of rotatable bonds is 5. The molecule has 1 atom stereocenters. The van der Waals surface area contributed by atoms with Crippen molar-refractivity contribution in [2.45, 2.75) is 18.3 Å². The second kappa shape index (κ2) is 6.13. The van der Waals surface area contributed by atoms with Crippen molar-refractivity contribution >= 4 is 49.2 Å². The van der Waals surface area contributed by atoms with Gasteiger partial charge in [0.1, 0.15) is 0 Å². The zero-order valence-electron chi connectivity index (χ0n) is 11.3. The predicted molar refractivity (Wildman–Crippen MR) is 81.8 cm³/mol. The van der Waals surface area contributed by atoms with Gasteiger partial charge >= 0.3 is 0 Å². The lowest BCUT2D eigenvalue weighted by Crippen LogP contribution is -2.40. The number of hydrogen-bond donors (Lipinski definition) is 2. The minimum Gasteiger partial charge on any atom is -0.375 e. The van der Waals surface area contributed by atoms with Crippen molar-refractivity contribution in [3.05, 3.63) is 26.6 Å². The van der Waals surface area contributed by atoms with Crippen LogP contribution in [-0.2, 0) is 24.7 Å². The highest BCUT2D eigenvalue weighted by Gasteiger charge is 2.48. The Morgan fingerprint density at radius 1 is 1.38 bits per heavy atom. The molecule has 0 aliphatic carbocycles. The van der Waals surface area contributed by atoms with Gasteiger partial charge in [0.2, 0.25) is 6.29 Å². The summed E-state index contributed by atoms with van der Waals surface area (Å²) in [6.07, 6.45) is -1.57. The highest BCUT2D eigenvalue weighted by Crippen LogP contribution is 2.44. The first-order valence-electron chi connectivity index (χ1n) is 5.95. The largest absolute Gasteiger partial charge is 0.375 e. The smallest absolute Gasteiger partial charge is 0.261 e. The molecule has 0 saturated heterocycles. The minimum absolute atomic E-state index is 0.327. The molecule has 0 spiro atoms. The second-order valence-electron chi connectivity index (χ2n) is 4.57. The van der Waals surface area contributed by atoms with Gasteiger partial charge in [-0.1, -0.05) is 15.9 Å². The first kappa shape index (κ1) is 16.6. The molecule has 21 heavy (non-hydrogen) atoms. The molecule has 2 rings (SSSR count). The average Bonchev–Trinajstić information content (AvgIpc) is 2.65. The summed E-state index contributed by atoms with van der Waals surface area (Å²) in [5.41, 5.74) is -1.17. The lowest BCUT2D eigenvalue weighted by molar-refractivity contribution is -0.163. The predicted octanol–water partition coefficient (Wildman–Crippen LogP) is 1.93. The van der Waals surface area contributed by atoms with Crippen LogP contribution in [0.3, 0.4) is 0 Å². The number of aliphatic hydroxyl groups is 1. The Morgan fingerprint density at radius 3 is 2.57 bits per heavy atom. The van der Waals surface area contributed by atoms with Gasteiger partial charge in [0.05, 0.1) is 12.1 Å². The quantitative estimate of drug-likeness (QED) is 0.708. The Labute approximate surface area is 138 Å². The molecule has 1 aliphatic rings. The van der Waals surface area contributed by atoms with Crippen LogP contribution in [0.15, 0.2) is 21.1 Å². The average molecular weight is 423 g/mol. The van der Waals surface area contributed by atoms with Gasteiger partial charge in [-0.15, -0.1) is 0 Å². The summed E-state index contributed by atoms with van der Waals surface area (Å²) in [6.45, 7) is 0. The van der Waals surface area contributed by atoms with Gasteiger partial charge in [-0.3, -0.25) is 9.59 Å². The summed E-state index contributed by atoms with van der Waals surface area (Å²) in [5, 5.41) is 13.3. The Balaban J connectivity index is 2.40. The van der Waals surface area contributed by atoms with E-state index in [0.29, 0.717) is 20.2 Å². The number of carbonyl (C=O) groups is 2. The van der Waals surface area contributed by atoms with Crippen molar-refractivity contribution in [3.63, 3.8) is 0 Å². The number of methoxy groups -OCH3 is 2. The van der Waals surface area contributed by atoms with Gasteiger partial charge < -0.3 is 19.9 Å². The van der Waals surface area contributed by atoms with E-state index < -0.39 is 30.0 Å². The molecular formula is C13H13Br2NO5. The van der Waals surface area contributed by atoms with Crippen molar-refractivity contribution in [3.8, 4) is 0 Å². The first-order valence-corrected chi connectivity index (χ1v) is 7.53. The van der Waals surface area contributed by atoms with E-state index in [0.717, 1.165) is 0 Å². The van der Waals surface area contributed by atoms with Crippen LogP contribution < -0.4 is 5.32 Å². The van der Waals surface area contributed by atoms with Crippen molar-refractivity contribution in [2.75, 3.05) is 19.5 Å². The molecule has 1 aromatic rings. The zero-order valence-corrected chi connectivity index (χ0v) is 14.4. The maximum absolute atomic E-state index is 12.1. The number of ether oxygens (including phenoxy) is 2. The van der Waals surface area contributed by atoms with E-state index in [-0.39, 0.29) is 0 Å². The minimum atomic E-state index is -1.95. The summed E-state index contributed by atoms with van der Waals surface area (Å²) in [4.78, 5) is 24.2. The number of hydrogen-bond acceptors (Lipinski definition) is 5. The number of ketones is 1. The lowest BCUT2D eigenvalue weighted by atomic mass is 9.90. The third-order valence-electron chi connectivity index (χ3n) is 3.24. The number of anilines is 1. The maximum atomic E-state index is 12.1. The summed E-state index contributed by atoms with van der Waals surface area (Å²) in [7, 11) is 2.62. The fraction of sp³-hybridized carbons (Fsp3) is 0.385. The highest BCUT2D eigenvalue weighted by atomic mass is 79.9. The third-order valence-corrected chi connectivity index (χ3v) is 4.32. The monoisotopic (exact) mass is 421 g/mol. The molecule has 0 fully saturated rings. The summed E-state index contributed by atoms with van der Waals surface area (Å²) in [6, 6.07) is 3.33. The van der Waals surface area contributed by atoms with Crippen LogP contribution in [0.25, 0.3) is 0 Å². The molecule has 1 amide bonds. The molecule has 1 aliphatic heterocycles. The van der Waals surface area contributed by atoms with Crippen LogP contribution in [0.2, 0.25) is 0 Å². The van der Waals surface area contributed by atoms with Crippen molar-refractivity contribution < 1.29 is 24.2 Å². The van der Waals surface area contributed by atoms with Crippen LogP contribution in [0.5, 0.6) is 0 Å². The molecule has 1 heterocycles. The van der Waals surface area contributed by atoms with E-state index in [4.69, 9.17) is 9.47 Å². The summed E-state index contributed by atoms with van der Waals surface area (Å²) in [5.74, 6) is -1.18. The Bertz CT molecular complexity index is 602. The van der Waals surface area contributed by atoms with E-state index >= 15 is 0 Å². The van der Waals surface area contributed by atoms with Crippen LogP contribution in [-0.4, -0.2) is 37.3 Å². The normalized spacial score (nSPS) is 20.6. The van der Waals surface area contributed by atoms with Gasteiger partial charge in [0, 0.05) is 28.7 Å². The molecule has 114 valence electrons. The topological polar surface area (TPSA) is 84.9 Å². The second-order valence-corrected chi connectivity index (χ2v) is 6.34. The highest BCUT2D eigenvalue weighted by molar-refractivity contribution is 9.11. The molecule has 2 N–H and O–H groups in total. The Hall–Kier alpha value is -0.800. The van der Waals surface area contributed by atoms with Crippen molar-refractivity contribution in [1.29, 1.82) is 0 Å². The van der Waals surface area contributed by atoms with Crippen molar-refractivity contribution in [1.82, 2.24) is 0 Å². The fourth-order valence-electron chi connectivity index (χ4n) is 2.24. The van der Waals surface area contributed by atoms with Crippen LogP contribution in [0.1, 0.15) is 12.0 Å². The van der Waals surface area contributed by atoms with Crippen LogP contribution in [0.4, 0.5) is 5.69 Å². The third kappa shape index (κ3) is 2.91. The molecule has 0 bridgehead atoms. The van der Waals surface area contributed by atoms with E-state index in [1.54, 1.807) is 12.1 Å². The number of amides is 1. The molecular weight excluding hydrogens is 410 g/mol. The van der Waals surface area contributed by atoms with Gasteiger partial charge in [-0.2, -0.15) is 0 Å². The van der Waals surface area contributed by atoms with Crippen LogP contribution in [0, 0.1) is 0 Å². The maximum Gasteiger partial charge on any atom is 0.261 e. The fourth-order valence-corrected chi connectivity index (χ4v) is 3.56. The van der Waals surface area contributed by atoms with E-state index in [9.17, 15) is 14.7 Å². The number of fused-ring (bicyclic) bond motifs is 1. The van der Waals surface area contributed by atoms with Crippen LogP contribution >= 0.6 is 31.9 Å². The van der Waals surface area contributed by atoms with E-state index in [1.807, 2.05) is 0 Å². The molecule has 6 nitrogen and oxygen atoms in total. The molecule has 0 aromatic heterocycles. The number of nitrogens with one attached hydrogen (secondary N) is 1. The van der Waals surface area contributed by atoms with Crippen molar-refractivity contribution in [2.24, 2.45) is 0 Å². The molecule has 1 aromatic carbocycles. The summed E-state index contributed by atoms with van der Waals surface area (Å²) < 4.78 is 11.0. The Morgan fingerprint density at radius 2 is 2.00 bits per heavy atom. The van der Waals surface area contributed by atoms with Gasteiger partial charge in [0.15, 0.2) is 11.4 Å². The molecule has 0 saturated carbocycles. The first-order chi connectivity index (χ1) is 9.83. The SMILES string of the molecule is COC(OC)C(=O)C[C@@]1(O)C(=O)Nc2c(Br)cc(Br)cc21. The van der Waals surface area contributed by atoms with Gasteiger partial charge in [0.25, 0.3) is 5.91 Å². The zero-order chi connectivity index (χ0) is 15.8. The standard InChI is InChI=1S/C13H13Br2NO5/c1-20-11(21-2)9(17)5-13(19)7-3-6(14)4-8(15)10(7)16-12(13)18/h3-4,11,19H,5H2,1-2H3,(H,16,18)/t13-/m0/s1. The number of Topliss-reactive ketones (excluding diaryl/α,β-unsaturated/α-hetero) is 1. The van der Waals surface area contributed by atoms with E-state index in [1.165, 1.54) is 14.2 Å². The molecule has 0 radical (unpaired) electrons. The molecule has 0 unspecified atom stereocenters. The van der Waals surface area contributed by atoms with E-state index in [2.05, 4.69) is 37.2 Å². The summed E-state index contributed by atoms with van der Waals surface area (Å²) >= 11 is 6.60. The Kier molecular flexibility index (Phi) is 4.84. The number of carbonyl (C=O) groups excluding carboxylic acids is 2.